The molecule has 0 aromatic rings. The van der Waals surface area contributed by atoms with E-state index in [-0.39, 0.29) is 25.3 Å². The molecule has 0 aromatic heterocycles. The van der Waals surface area contributed by atoms with E-state index >= 15 is 0 Å². The van der Waals surface area contributed by atoms with Crippen molar-refractivity contribution in [3.63, 3.8) is 0 Å². The average molecular weight is 516 g/mol. The largest absolute Gasteiger partial charge is 0.481 e. The number of guanidine groups is 1. The van der Waals surface area contributed by atoms with Crippen LogP contribution in [0.15, 0.2) is 4.99 Å². The minimum Gasteiger partial charge on any atom is -0.481 e. The molecule has 11 N–H and O–H groups in total. The second-order valence-electron chi connectivity index (χ2n) is 8.15. The number of hydrogen-bond donors (Lipinski definition) is 9. The van der Waals surface area contributed by atoms with E-state index in [0.29, 0.717) is 13.0 Å². The Morgan fingerprint density at radius 1 is 0.889 bits per heavy atom. The van der Waals surface area contributed by atoms with Gasteiger partial charge in [-0.05, 0) is 38.6 Å². The number of aliphatic carboxylic acids is 3. The molecule has 202 valence electrons. The highest BCUT2D eigenvalue weighted by Crippen LogP contribution is 2.07. The number of nitrogens with zero attached hydrogens (tertiary/aromatic N) is 1. The van der Waals surface area contributed by atoms with E-state index < -0.39 is 79.1 Å². The number of nitrogens with one attached hydrogen (secondary N) is 4. The third-order valence-electron chi connectivity index (χ3n) is 5.23. The molecule has 1 heterocycles. The first kappa shape index (κ1) is 30.1. The van der Waals surface area contributed by atoms with Crippen molar-refractivity contribution in [1.82, 2.24) is 21.3 Å². The predicted octanol–water partition coefficient (Wildman–Crippen LogP) is -3.33. The smallest absolute Gasteiger partial charge is 0.326 e. The third kappa shape index (κ3) is 11.5. The van der Waals surface area contributed by atoms with E-state index in [9.17, 15) is 33.9 Å². The first-order valence-corrected chi connectivity index (χ1v) is 11.3. The normalized spacial score (nSPS) is 17.2. The van der Waals surface area contributed by atoms with Crippen LogP contribution in [0.4, 0.5) is 0 Å². The van der Waals surface area contributed by atoms with E-state index in [0.717, 1.165) is 6.42 Å². The molecule has 1 aliphatic rings. The van der Waals surface area contributed by atoms with E-state index in [1.807, 2.05) is 0 Å². The van der Waals surface area contributed by atoms with E-state index in [1.54, 1.807) is 0 Å². The molecule has 3 amide bonds. The summed E-state index contributed by atoms with van der Waals surface area (Å²) in [4.78, 5) is 75.5. The molecule has 0 saturated carbocycles. The van der Waals surface area contributed by atoms with Crippen LogP contribution in [0, 0.1) is 0 Å². The monoisotopic (exact) mass is 515 g/mol. The van der Waals surface area contributed by atoms with Crippen LogP contribution in [-0.2, 0) is 28.8 Å². The van der Waals surface area contributed by atoms with Crippen molar-refractivity contribution in [1.29, 1.82) is 0 Å². The van der Waals surface area contributed by atoms with Crippen molar-refractivity contribution < 1.29 is 44.1 Å². The molecule has 0 spiro atoms. The summed E-state index contributed by atoms with van der Waals surface area (Å²) in [6.07, 6.45) is -0.404. The summed E-state index contributed by atoms with van der Waals surface area (Å²) < 4.78 is 0. The molecule has 0 radical (unpaired) electrons. The van der Waals surface area contributed by atoms with Gasteiger partial charge < -0.3 is 48.1 Å². The molecule has 4 atom stereocenters. The third-order valence-corrected chi connectivity index (χ3v) is 5.23. The number of carbonyl (C=O) groups is 6. The highest BCUT2D eigenvalue weighted by atomic mass is 16.4. The predicted molar refractivity (Wildman–Crippen MR) is 123 cm³/mol. The van der Waals surface area contributed by atoms with Gasteiger partial charge in [0, 0.05) is 13.0 Å². The van der Waals surface area contributed by atoms with E-state index in [2.05, 4.69) is 26.3 Å². The van der Waals surface area contributed by atoms with E-state index in [4.69, 9.17) is 21.7 Å². The fraction of sp³-hybridized carbons (Fsp3) is 0.650. The Kier molecular flexibility index (Phi) is 12.6. The van der Waals surface area contributed by atoms with Crippen LogP contribution in [0.25, 0.3) is 0 Å². The van der Waals surface area contributed by atoms with E-state index in [1.165, 1.54) is 0 Å². The van der Waals surface area contributed by atoms with Crippen molar-refractivity contribution in [3.05, 3.63) is 0 Å². The van der Waals surface area contributed by atoms with Crippen molar-refractivity contribution in [2.24, 2.45) is 16.5 Å². The van der Waals surface area contributed by atoms with Gasteiger partial charge in [0.15, 0.2) is 5.96 Å². The van der Waals surface area contributed by atoms with Crippen LogP contribution in [0.5, 0.6) is 0 Å². The van der Waals surface area contributed by atoms with Crippen molar-refractivity contribution in [2.45, 2.75) is 69.1 Å². The molecule has 0 bridgehead atoms. The lowest BCUT2D eigenvalue weighted by molar-refractivity contribution is -0.143. The Hall–Kier alpha value is -3.95. The lowest BCUT2D eigenvalue weighted by Gasteiger charge is -2.24. The first-order chi connectivity index (χ1) is 16.9. The Labute approximate surface area is 206 Å². The number of amides is 3. The van der Waals surface area contributed by atoms with Crippen LogP contribution in [0.1, 0.15) is 44.9 Å². The SMILES string of the molecule is NC(N)=NCCCC(NC(=O)C(CCC(=O)O)NC(=O)C(CC(=O)O)NC(=O)C1CCCN1)C(=O)O. The van der Waals surface area contributed by atoms with Crippen LogP contribution >= 0.6 is 0 Å². The molecule has 16 heteroatoms. The summed E-state index contributed by atoms with van der Waals surface area (Å²) in [6.45, 7) is 0.690. The van der Waals surface area contributed by atoms with Gasteiger partial charge in [0.1, 0.15) is 18.1 Å². The number of rotatable bonds is 16. The molecule has 1 aliphatic heterocycles. The van der Waals surface area contributed by atoms with Gasteiger partial charge in [0.25, 0.3) is 0 Å². The molecule has 0 aliphatic carbocycles. The zero-order valence-corrected chi connectivity index (χ0v) is 19.6. The maximum Gasteiger partial charge on any atom is 0.326 e. The molecular formula is C20H33N7O9. The van der Waals surface area contributed by atoms with Gasteiger partial charge in [-0.3, -0.25) is 29.0 Å². The molecular weight excluding hydrogens is 482 g/mol. The summed E-state index contributed by atoms with van der Waals surface area (Å²) in [5.41, 5.74) is 10.4. The fourth-order valence-electron chi connectivity index (χ4n) is 3.41. The molecule has 36 heavy (non-hydrogen) atoms. The van der Waals surface area contributed by atoms with Crippen LogP contribution in [0.3, 0.4) is 0 Å². The Morgan fingerprint density at radius 3 is 2.06 bits per heavy atom. The van der Waals surface area contributed by atoms with Gasteiger partial charge >= 0.3 is 17.9 Å². The molecule has 0 aromatic carbocycles. The molecule has 1 rings (SSSR count). The number of nitrogens with two attached hydrogens (primary N) is 2. The lowest BCUT2D eigenvalue weighted by atomic mass is 10.1. The highest BCUT2D eigenvalue weighted by Gasteiger charge is 2.32. The summed E-state index contributed by atoms with van der Waals surface area (Å²) in [5, 5.41) is 37.3. The minimum atomic E-state index is -1.55. The first-order valence-electron chi connectivity index (χ1n) is 11.3. The van der Waals surface area contributed by atoms with Crippen molar-refractivity contribution in [2.75, 3.05) is 13.1 Å². The number of carboxylic acids is 3. The van der Waals surface area contributed by atoms with Gasteiger partial charge in [0.05, 0.1) is 12.5 Å². The number of aliphatic imine (C=N–C) groups is 1. The quantitative estimate of drug-likeness (QED) is 0.0554. The van der Waals surface area contributed by atoms with Gasteiger partial charge in [-0.15, -0.1) is 0 Å². The standard InChI is InChI=1S/C20H33N7O9/c21-20(22)24-8-2-4-12(19(35)36)26-17(33)11(5-6-14(28)29)25-18(34)13(9-15(30)31)27-16(32)10-3-1-7-23-10/h10-13,23H,1-9H2,(H,25,34)(H,26,33)(H,27,32)(H,28,29)(H,30,31)(H,35,36)(H4,21,22,24). The van der Waals surface area contributed by atoms with Crippen LogP contribution in [-0.4, -0.2) is 94.2 Å². The summed E-state index contributed by atoms with van der Waals surface area (Å²) >= 11 is 0. The van der Waals surface area contributed by atoms with Gasteiger partial charge in [-0.2, -0.15) is 0 Å². The average Bonchev–Trinajstić information content (AvgIpc) is 3.32. The number of carboxylic acid groups (broad SMARTS) is 3. The van der Waals surface area contributed by atoms with Crippen LogP contribution < -0.4 is 32.7 Å². The van der Waals surface area contributed by atoms with Gasteiger partial charge in [-0.25, -0.2) is 4.79 Å². The fourth-order valence-corrected chi connectivity index (χ4v) is 3.41. The zero-order chi connectivity index (χ0) is 27.3. The second kappa shape index (κ2) is 15.1. The van der Waals surface area contributed by atoms with Crippen molar-refractivity contribution in [3.8, 4) is 0 Å². The van der Waals surface area contributed by atoms with Crippen molar-refractivity contribution >= 4 is 41.6 Å². The molecule has 1 fully saturated rings. The highest BCUT2D eigenvalue weighted by molar-refractivity contribution is 5.95. The Bertz CT molecular complexity index is 854. The minimum absolute atomic E-state index is 0.0659. The Morgan fingerprint density at radius 2 is 1.53 bits per heavy atom. The summed E-state index contributed by atoms with van der Waals surface area (Å²) in [5.74, 6) is -6.85. The summed E-state index contributed by atoms with van der Waals surface area (Å²) in [7, 11) is 0. The summed E-state index contributed by atoms with van der Waals surface area (Å²) in [6, 6.07) is -5.05. The Balaban J connectivity index is 2.92. The topological polar surface area (TPSA) is 276 Å². The van der Waals surface area contributed by atoms with Gasteiger partial charge in [0.2, 0.25) is 17.7 Å². The maximum absolute atomic E-state index is 12.8. The number of hydrogen-bond acceptors (Lipinski definition) is 8. The van der Waals surface area contributed by atoms with Crippen LogP contribution in [0.2, 0.25) is 0 Å². The maximum atomic E-state index is 12.8. The second-order valence-corrected chi connectivity index (χ2v) is 8.15. The molecule has 16 nitrogen and oxygen atoms in total. The number of carbonyl (C=O) groups excluding carboxylic acids is 3. The zero-order valence-electron chi connectivity index (χ0n) is 19.6. The lowest BCUT2D eigenvalue weighted by Crippen LogP contribution is -2.57. The van der Waals surface area contributed by atoms with Gasteiger partial charge in [-0.1, -0.05) is 0 Å². The molecule has 1 saturated heterocycles. The molecule has 4 unspecified atom stereocenters.